The van der Waals surface area contributed by atoms with Gasteiger partial charge in [-0.2, -0.15) is 5.26 Å². The highest BCUT2D eigenvalue weighted by Gasteiger charge is 2.24. The zero-order valence-electron chi connectivity index (χ0n) is 14.8. The molecule has 1 heterocycles. The predicted molar refractivity (Wildman–Crippen MR) is 94.6 cm³/mol. The number of nitriles is 1. The van der Waals surface area contributed by atoms with Gasteiger partial charge in [0.05, 0.1) is 17.5 Å². The van der Waals surface area contributed by atoms with E-state index >= 15 is 0 Å². The van der Waals surface area contributed by atoms with E-state index in [2.05, 4.69) is 10.8 Å². The molecule has 0 bridgehead atoms. The molecule has 1 aliphatic rings. The molecule has 8 nitrogen and oxygen atoms in total. The fourth-order valence-corrected chi connectivity index (χ4v) is 3.61. The first-order valence-electron chi connectivity index (χ1n) is 8.23. The molecule has 1 N–H and O–H groups in total. The number of hydrogen-bond acceptors (Lipinski definition) is 5. The maximum Gasteiger partial charge on any atom is 0.253 e. The van der Waals surface area contributed by atoms with Crippen LogP contribution in [0.15, 0.2) is 29.2 Å². The van der Waals surface area contributed by atoms with Gasteiger partial charge >= 0.3 is 0 Å². The van der Waals surface area contributed by atoms with Crippen LogP contribution in [0.2, 0.25) is 0 Å². The Labute approximate surface area is 153 Å². The standard InChI is InChI=1S/C17H22N4O4S/c1-20(2)16(22)12-19-26(24,25)15-5-3-4-14(10-15)17(23)21-8-6-13(11-18)7-9-21/h3-5,10,13,19H,6-9,12H2,1-2H3. The summed E-state index contributed by atoms with van der Waals surface area (Å²) in [5, 5.41) is 8.93. The Balaban J connectivity index is 2.11. The third kappa shape index (κ3) is 4.80. The molecule has 1 aliphatic heterocycles. The van der Waals surface area contributed by atoms with Gasteiger partial charge in [-0.1, -0.05) is 6.07 Å². The molecule has 0 saturated carbocycles. The Morgan fingerprint density at radius 1 is 1.31 bits per heavy atom. The maximum atomic E-state index is 12.6. The summed E-state index contributed by atoms with van der Waals surface area (Å²) in [4.78, 5) is 27.0. The van der Waals surface area contributed by atoms with Crippen molar-refractivity contribution in [1.29, 1.82) is 5.26 Å². The van der Waals surface area contributed by atoms with Crippen molar-refractivity contribution in [3.05, 3.63) is 29.8 Å². The normalized spacial score (nSPS) is 15.3. The largest absolute Gasteiger partial charge is 0.348 e. The first kappa shape index (κ1) is 19.9. The van der Waals surface area contributed by atoms with Gasteiger partial charge in [0.1, 0.15) is 0 Å². The third-order valence-electron chi connectivity index (χ3n) is 4.27. The molecule has 9 heteroatoms. The predicted octanol–water partition coefficient (Wildman–Crippen LogP) is 0.429. The second-order valence-corrected chi connectivity index (χ2v) is 8.10. The van der Waals surface area contributed by atoms with Crippen molar-refractivity contribution in [3.63, 3.8) is 0 Å². The molecule has 0 spiro atoms. The van der Waals surface area contributed by atoms with E-state index in [4.69, 9.17) is 5.26 Å². The SMILES string of the molecule is CN(C)C(=O)CNS(=O)(=O)c1cccc(C(=O)N2CCC(C#N)CC2)c1. The number of carbonyl (C=O) groups is 2. The highest BCUT2D eigenvalue weighted by Crippen LogP contribution is 2.19. The van der Waals surface area contributed by atoms with Gasteiger partial charge in [-0.05, 0) is 31.0 Å². The molecule has 26 heavy (non-hydrogen) atoms. The van der Waals surface area contributed by atoms with Crippen LogP contribution in [-0.2, 0) is 14.8 Å². The molecule has 0 aromatic heterocycles. The van der Waals surface area contributed by atoms with E-state index in [-0.39, 0.29) is 34.7 Å². The molecular weight excluding hydrogens is 356 g/mol. The van der Waals surface area contributed by atoms with Crippen LogP contribution in [0.5, 0.6) is 0 Å². The van der Waals surface area contributed by atoms with Crippen molar-refractivity contribution in [2.45, 2.75) is 17.7 Å². The molecule has 2 amide bonds. The molecule has 1 fully saturated rings. The van der Waals surface area contributed by atoms with Crippen LogP contribution in [0, 0.1) is 17.2 Å². The molecule has 2 rings (SSSR count). The molecule has 1 aromatic carbocycles. The number of sulfonamides is 1. The lowest BCUT2D eigenvalue weighted by Gasteiger charge is -2.29. The average molecular weight is 378 g/mol. The Kier molecular flexibility index (Phi) is 6.34. The van der Waals surface area contributed by atoms with Gasteiger partial charge in [-0.3, -0.25) is 9.59 Å². The fraction of sp³-hybridized carbons (Fsp3) is 0.471. The summed E-state index contributed by atoms with van der Waals surface area (Å²) in [7, 11) is -0.833. The lowest BCUT2D eigenvalue weighted by molar-refractivity contribution is -0.127. The summed E-state index contributed by atoms with van der Waals surface area (Å²) in [5.41, 5.74) is 0.266. The molecule has 0 aliphatic carbocycles. The van der Waals surface area contributed by atoms with Crippen molar-refractivity contribution < 1.29 is 18.0 Å². The van der Waals surface area contributed by atoms with Gasteiger partial charge < -0.3 is 9.80 Å². The Morgan fingerprint density at radius 3 is 2.54 bits per heavy atom. The number of piperidine rings is 1. The van der Waals surface area contributed by atoms with E-state index in [1.54, 1.807) is 11.0 Å². The van der Waals surface area contributed by atoms with Crippen molar-refractivity contribution >= 4 is 21.8 Å². The number of carbonyl (C=O) groups excluding carboxylic acids is 2. The van der Waals surface area contributed by atoms with Crippen LogP contribution >= 0.6 is 0 Å². The lowest BCUT2D eigenvalue weighted by Crippen LogP contribution is -2.38. The number of hydrogen-bond donors (Lipinski definition) is 1. The highest BCUT2D eigenvalue weighted by atomic mass is 32.2. The van der Waals surface area contributed by atoms with E-state index in [1.807, 2.05) is 0 Å². The van der Waals surface area contributed by atoms with Crippen LogP contribution in [0.1, 0.15) is 23.2 Å². The Hall–Kier alpha value is -2.44. The molecule has 0 radical (unpaired) electrons. The minimum Gasteiger partial charge on any atom is -0.348 e. The molecular formula is C17H22N4O4S. The quantitative estimate of drug-likeness (QED) is 0.799. The molecule has 1 aromatic rings. The monoisotopic (exact) mass is 378 g/mol. The number of benzene rings is 1. The Morgan fingerprint density at radius 2 is 1.96 bits per heavy atom. The summed E-state index contributed by atoms with van der Waals surface area (Å²) in [5.74, 6) is -0.673. The number of amides is 2. The van der Waals surface area contributed by atoms with Crippen molar-refractivity contribution in [2.24, 2.45) is 5.92 Å². The first-order chi connectivity index (χ1) is 12.2. The van der Waals surface area contributed by atoms with Crippen molar-refractivity contribution in [1.82, 2.24) is 14.5 Å². The third-order valence-corrected chi connectivity index (χ3v) is 5.67. The van der Waals surface area contributed by atoms with Crippen LogP contribution in [0.3, 0.4) is 0 Å². The highest BCUT2D eigenvalue weighted by molar-refractivity contribution is 7.89. The second-order valence-electron chi connectivity index (χ2n) is 6.34. The minimum atomic E-state index is -3.90. The van der Waals surface area contributed by atoms with Gasteiger partial charge in [0.15, 0.2) is 0 Å². The summed E-state index contributed by atoms with van der Waals surface area (Å²) in [6.07, 6.45) is 1.24. The summed E-state index contributed by atoms with van der Waals surface area (Å²) >= 11 is 0. The zero-order valence-corrected chi connectivity index (χ0v) is 15.6. The first-order valence-corrected chi connectivity index (χ1v) is 9.71. The summed E-state index contributed by atoms with van der Waals surface area (Å²) < 4.78 is 26.9. The van der Waals surface area contributed by atoms with Crippen LogP contribution in [0.25, 0.3) is 0 Å². The molecule has 140 valence electrons. The van der Waals surface area contributed by atoms with E-state index in [9.17, 15) is 18.0 Å². The van der Waals surface area contributed by atoms with Crippen LogP contribution in [0.4, 0.5) is 0 Å². The van der Waals surface area contributed by atoms with Crippen molar-refractivity contribution in [2.75, 3.05) is 33.7 Å². The Bertz CT molecular complexity index is 821. The van der Waals surface area contributed by atoms with Crippen LogP contribution in [-0.4, -0.2) is 63.8 Å². The van der Waals surface area contributed by atoms with Gasteiger partial charge in [0.2, 0.25) is 15.9 Å². The van der Waals surface area contributed by atoms with Crippen LogP contribution < -0.4 is 4.72 Å². The fourth-order valence-electron chi connectivity index (χ4n) is 2.59. The van der Waals surface area contributed by atoms with E-state index in [0.717, 1.165) is 0 Å². The number of likely N-dealkylation sites (N-methyl/N-ethyl adjacent to an activating group) is 1. The molecule has 0 unspecified atom stereocenters. The average Bonchev–Trinajstić information content (AvgIpc) is 2.65. The van der Waals surface area contributed by atoms with Gasteiger partial charge in [0, 0.05) is 38.7 Å². The number of nitrogens with zero attached hydrogens (tertiary/aromatic N) is 3. The van der Waals surface area contributed by atoms with E-state index in [1.165, 1.54) is 37.2 Å². The van der Waals surface area contributed by atoms with E-state index < -0.39 is 10.0 Å². The molecule has 1 saturated heterocycles. The maximum absolute atomic E-state index is 12.6. The second kappa shape index (κ2) is 8.29. The van der Waals surface area contributed by atoms with Gasteiger partial charge in [-0.25, -0.2) is 13.1 Å². The van der Waals surface area contributed by atoms with Crippen molar-refractivity contribution in [3.8, 4) is 6.07 Å². The zero-order chi connectivity index (χ0) is 19.3. The lowest BCUT2D eigenvalue weighted by atomic mass is 9.98. The number of rotatable bonds is 5. The minimum absolute atomic E-state index is 0.0378. The van der Waals surface area contributed by atoms with Gasteiger partial charge in [-0.15, -0.1) is 0 Å². The smallest absolute Gasteiger partial charge is 0.253 e. The summed E-state index contributed by atoms with van der Waals surface area (Å²) in [6.45, 7) is 0.600. The topological polar surface area (TPSA) is 111 Å². The van der Waals surface area contributed by atoms with Gasteiger partial charge in [0.25, 0.3) is 5.91 Å². The molecule has 0 atom stereocenters. The number of likely N-dealkylation sites (tertiary alicyclic amines) is 1. The van der Waals surface area contributed by atoms with E-state index in [0.29, 0.717) is 25.9 Å². The summed E-state index contributed by atoms with van der Waals surface area (Å²) in [6, 6.07) is 7.95. The number of nitrogens with one attached hydrogen (secondary N) is 1.